The second-order valence-corrected chi connectivity index (χ2v) is 6.39. The fourth-order valence-corrected chi connectivity index (χ4v) is 2.88. The molecule has 1 unspecified atom stereocenters. The van der Waals surface area contributed by atoms with Gasteiger partial charge in [0.15, 0.2) is 0 Å². The average molecular weight is 333 g/mol. The maximum Gasteiger partial charge on any atom is 0.0595 e. The highest BCUT2D eigenvalue weighted by Gasteiger charge is 2.09. The van der Waals surface area contributed by atoms with Crippen LogP contribution in [-0.4, -0.2) is 5.75 Å². The lowest BCUT2D eigenvalue weighted by atomic mass is 10.1. The van der Waals surface area contributed by atoms with E-state index in [2.05, 4.69) is 0 Å². The van der Waals surface area contributed by atoms with Crippen molar-refractivity contribution in [3.63, 3.8) is 0 Å². The molecule has 0 radical (unpaired) electrons. The zero-order chi connectivity index (χ0) is 13.8. The molecule has 0 saturated carbocycles. The standard InChI is InChI=1S/C14H12Cl3NS/c15-10-2-4-11(5-3-10)19-8-14(18)9-1-6-12(16)13(17)7-9/h1-7,14H,8,18H2. The number of nitrogens with two attached hydrogens (primary N) is 1. The van der Waals surface area contributed by atoms with Crippen molar-refractivity contribution in [1.82, 2.24) is 0 Å². The lowest BCUT2D eigenvalue weighted by molar-refractivity contribution is 0.831. The molecule has 0 spiro atoms. The molecule has 0 aromatic heterocycles. The van der Waals surface area contributed by atoms with Crippen molar-refractivity contribution >= 4 is 46.6 Å². The molecule has 0 aliphatic carbocycles. The van der Waals surface area contributed by atoms with Crippen LogP contribution in [0.15, 0.2) is 47.4 Å². The summed E-state index contributed by atoms with van der Waals surface area (Å²) >= 11 is 19.4. The first kappa shape index (κ1) is 15.0. The summed E-state index contributed by atoms with van der Waals surface area (Å²) in [5, 5.41) is 1.81. The fourth-order valence-electron chi connectivity index (χ4n) is 1.56. The van der Waals surface area contributed by atoms with E-state index in [1.807, 2.05) is 36.4 Å². The maximum absolute atomic E-state index is 6.14. The Bertz CT molecular complexity index is 557. The van der Waals surface area contributed by atoms with Gasteiger partial charge >= 0.3 is 0 Å². The van der Waals surface area contributed by atoms with Crippen molar-refractivity contribution in [2.24, 2.45) is 5.73 Å². The fraction of sp³-hybridized carbons (Fsp3) is 0.143. The summed E-state index contributed by atoms with van der Waals surface area (Å²) in [7, 11) is 0. The summed E-state index contributed by atoms with van der Waals surface area (Å²) in [6, 6.07) is 13.1. The van der Waals surface area contributed by atoms with E-state index in [-0.39, 0.29) is 6.04 Å². The zero-order valence-corrected chi connectivity index (χ0v) is 13.0. The van der Waals surface area contributed by atoms with E-state index in [0.717, 1.165) is 21.2 Å². The summed E-state index contributed by atoms with van der Waals surface area (Å²) in [6.45, 7) is 0. The second kappa shape index (κ2) is 6.87. The third-order valence-corrected chi connectivity index (χ3v) is 4.74. The van der Waals surface area contributed by atoms with E-state index in [1.165, 1.54) is 0 Å². The van der Waals surface area contributed by atoms with Crippen molar-refractivity contribution in [1.29, 1.82) is 0 Å². The van der Waals surface area contributed by atoms with Crippen LogP contribution in [0, 0.1) is 0 Å². The van der Waals surface area contributed by atoms with Crippen LogP contribution in [-0.2, 0) is 0 Å². The van der Waals surface area contributed by atoms with Gasteiger partial charge in [0.1, 0.15) is 0 Å². The molecule has 2 aromatic carbocycles. The summed E-state index contributed by atoms with van der Waals surface area (Å²) in [6.07, 6.45) is 0. The molecule has 0 saturated heterocycles. The van der Waals surface area contributed by atoms with Crippen molar-refractivity contribution in [2.45, 2.75) is 10.9 Å². The first-order valence-corrected chi connectivity index (χ1v) is 7.77. The van der Waals surface area contributed by atoms with Crippen molar-refractivity contribution in [2.75, 3.05) is 5.75 Å². The number of hydrogen-bond donors (Lipinski definition) is 1. The van der Waals surface area contributed by atoms with Crippen LogP contribution in [0.25, 0.3) is 0 Å². The van der Waals surface area contributed by atoms with Crippen LogP contribution in [0.5, 0.6) is 0 Å². The van der Waals surface area contributed by atoms with Gasteiger partial charge < -0.3 is 5.73 Å². The molecule has 5 heteroatoms. The lowest BCUT2D eigenvalue weighted by Crippen LogP contribution is -2.12. The molecule has 2 N–H and O–H groups in total. The summed E-state index contributed by atoms with van der Waals surface area (Å²) in [5.74, 6) is 0.763. The number of halogens is 3. The molecule has 0 fully saturated rings. The summed E-state index contributed by atoms with van der Waals surface area (Å²) in [5.41, 5.74) is 7.13. The summed E-state index contributed by atoms with van der Waals surface area (Å²) < 4.78 is 0. The molecule has 19 heavy (non-hydrogen) atoms. The van der Waals surface area contributed by atoms with Gasteiger partial charge in [0.25, 0.3) is 0 Å². The van der Waals surface area contributed by atoms with Gasteiger partial charge in [-0.2, -0.15) is 0 Å². The number of benzene rings is 2. The third kappa shape index (κ3) is 4.30. The van der Waals surface area contributed by atoms with Crippen LogP contribution < -0.4 is 5.73 Å². The molecule has 0 aliphatic rings. The Morgan fingerprint density at radius 2 is 1.63 bits per heavy atom. The maximum atomic E-state index is 6.14. The molecule has 0 bridgehead atoms. The molecule has 100 valence electrons. The highest BCUT2D eigenvalue weighted by atomic mass is 35.5. The molecule has 0 amide bonds. The SMILES string of the molecule is NC(CSc1ccc(Cl)cc1)c1ccc(Cl)c(Cl)c1. The van der Waals surface area contributed by atoms with Gasteiger partial charge in [-0.05, 0) is 42.0 Å². The predicted octanol–water partition coefficient (Wildman–Crippen LogP) is 5.44. The number of thioether (sulfide) groups is 1. The zero-order valence-electron chi connectivity index (χ0n) is 9.95. The Morgan fingerprint density at radius 3 is 2.26 bits per heavy atom. The largest absolute Gasteiger partial charge is 0.323 e. The minimum absolute atomic E-state index is 0.0876. The molecule has 0 aliphatic heterocycles. The van der Waals surface area contributed by atoms with Crippen LogP contribution in [0.1, 0.15) is 11.6 Å². The Morgan fingerprint density at radius 1 is 0.947 bits per heavy atom. The number of hydrogen-bond acceptors (Lipinski definition) is 2. The third-order valence-electron chi connectivity index (χ3n) is 2.62. The van der Waals surface area contributed by atoms with E-state index in [0.29, 0.717) is 10.0 Å². The van der Waals surface area contributed by atoms with Crippen LogP contribution in [0.4, 0.5) is 0 Å². The van der Waals surface area contributed by atoms with Crippen LogP contribution in [0.2, 0.25) is 15.1 Å². The van der Waals surface area contributed by atoms with Gasteiger partial charge in [0, 0.05) is 21.7 Å². The van der Waals surface area contributed by atoms with E-state index >= 15 is 0 Å². The highest BCUT2D eigenvalue weighted by Crippen LogP contribution is 2.28. The van der Waals surface area contributed by atoms with E-state index < -0.39 is 0 Å². The van der Waals surface area contributed by atoms with E-state index in [1.54, 1.807) is 17.8 Å². The minimum Gasteiger partial charge on any atom is -0.323 e. The smallest absolute Gasteiger partial charge is 0.0595 e. The molecule has 1 atom stereocenters. The second-order valence-electron chi connectivity index (χ2n) is 4.04. The van der Waals surface area contributed by atoms with E-state index in [4.69, 9.17) is 40.5 Å². The normalized spacial score (nSPS) is 12.4. The topological polar surface area (TPSA) is 26.0 Å². The van der Waals surface area contributed by atoms with Gasteiger partial charge in [0.2, 0.25) is 0 Å². The molecular formula is C14H12Cl3NS. The van der Waals surface area contributed by atoms with Crippen molar-refractivity contribution < 1.29 is 0 Å². The Balaban J connectivity index is 1.98. The first-order valence-electron chi connectivity index (χ1n) is 5.65. The number of rotatable bonds is 4. The minimum atomic E-state index is -0.0876. The van der Waals surface area contributed by atoms with Crippen LogP contribution >= 0.6 is 46.6 Å². The van der Waals surface area contributed by atoms with Gasteiger partial charge in [-0.3, -0.25) is 0 Å². The molecule has 2 rings (SSSR count). The van der Waals surface area contributed by atoms with E-state index in [9.17, 15) is 0 Å². The summed E-state index contributed by atoms with van der Waals surface area (Å²) in [4.78, 5) is 1.14. The average Bonchev–Trinajstić information content (AvgIpc) is 2.41. The van der Waals surface area contributed by atoms with Crippen molar-refractivity contribution in [3.8, 4) is 0 Å². The van der Waals surface area contributed by atoms with Crippen molar-refractivity contribution in [3.05, 3.63) is 63.1 Å². The van der Waals surface area contributed by atoms with Crippen LogP contribution in [0.3, 0.4) is 0 Å². The molecular weight excluding hydrogens is 321 g/mol. The van der Waals surface area contributed by atoms with Gasteiger partial charge in [-0.15, -0.1) is 11.8 Å². The van der Waals surface area contributed by atoms with Gasteiger partial charge in [-0.25, -0.2) is 0 Å². The predicted molar refractivity (Wildman–Crippen MR) is 85.6 cm³/mol. The first-order chi connectivity index (χ1) is 9.06. The van der Waals surface area contributed by atoms with Gasteiger partial charge in [-0.1, -0.05) is 40.9 Å². The molecule has 2 aromatic rings. The van der Waals surface area contributed by atoms with Gasteiger partial charge in [0.05, 0.1) is 10.0 Å². The quantitative estimate of drug-likeness (QED) is 0.754. The highest BCUT2D eigenvalue weighted by molar-refractivity contribution is 7.99. The Hall–Kier alpha value is -0.380. The molecule has 0 heterocycles. The monoisotopic (exact) mass is 331 g/mol. The Labute approximate surface area is 132 Å². The lowest BCUT2D eigenvalue weighted by Gasteiger charge is -2.12. The Kier molecular flexibility index (Phi) is 5.43. The molecule has 1 nitrogen and oxygen atoms in total.